The molecular formula is C12H26N2O. The van der Waals surface area contributed by atoms with Gasteiger partial charge in [-0.1, -0.05) is 13.8 Å². The van der Waals surface area contributed by atoms with E-state index in [4.69, 9.17) is 5.73 Å². The zero-order valence-electron chi connectivity index (χ0n) is 10.2. The van der Waals surface area contributed by atoms with Crippen molar-refractivity contribution < 1.29 is 5.11 Å². The van der Waals surface area contributed by atoms with Gasteiger partial charge >= 0.3 is 0 Å². The second kappa shape index (κ2) is 5.83. The summed E-state index contributed by atoms with van der Waals surface area (Å²) in [4.78, 5) is 2.52. The van der Waals surface area contributed by atoms with Gasteiger partial charge in [0.2, 0.25) is 0 Å². The molecule has 0 amide bonds. The molecule has 0 aliphatic heterocycles. The third-order valence-corrected chi connectivity index (χ3v) is 3.59. The van der Waals surface area contributed by atoms with E-state index in [0.29, 0.717) is 6.54 Å². The summed E-state index contributed by atoms with van der Waals surface area (Å²) in [5.41, 5.74) is 4.95. The summed E-state index contributed by atoms with van der Waals surface area (Å²) in [6, 6.07) is 0.836. The first kappa shape index (κ1) is 12.9. The molecule has 3 nitrogen and oxygen atoms in total. The summed E-state index contributed by atoms with van der Waals surface area (Å²) in [6.07, 6.45) is 5.39. The molecule has 1 rings (SSSR count). The summed E-state index contributed by atoms with van der Waals surface area (Å²) in [6.45, 7) is 6.86. The quantitative estimate of drug-likeness (QED) is 0.641. The molecular weight excluding hydrogens is 188 g/mol. The lowest BCUT2D eigenvalue weighted by Crippen LogP contribution is -2.38. The first-order chi connectivity index (χ1) is 7.15. The van der Waals surface area contributed by atoms with E-state index in [1.165, 1.54) is 12.8 Å². The van der Waals surface area contributed by atoms with Crippen molar-refractivity contribution in [2.24, 2.45) is 5.73 Å². The SMILES string of the molecule is CCN(CCCC(O)(CC)CN)C1CC1. The average Bonchev–Trinajstić information content (AvgIpc) is 3.08. The average molecular weight is 214 g/mol. The molecule has 1 atom stereocenters. The molecule has 0 bridgehead atoms. The zero-order chi connectivity index (χ0) is 11.3. The summed E-state index contributed by atoms with van der Waals surface area (Å²) in [7, 11) is 0. The van der Waals surface area contributed by atoms with Crippen LogP contribution in [-0.2, 0) is 0 Å². The van der Waals surface area contributed by atoms with E-state index in [1.54, 1.807) is 0 Å². The van der Waals surface area contributed by atoms with Crippen molar-refractivity contribution in [2.75, 3.05) is 19.6 Å². The van der Waals surface area contributed by atoms with E-state index in [-0.39, 0.29) is 0 Å². The maximum absolute atomic E-state index is 10.0. The second-order valence-corrected chi connectivity index (χ2v) is 4.75. The molecule has 1 aliphatic rings. The van der Waals surface area contributed by atoms with Gasteiger partial charge in [-0.2, -0.15) is 0 Å². The van der Waals surface area contributed by atoms with Crippen LogP contribution in [0.2, 0.25) is 0 Å². The van der Waals surface area contributed by atoms with Crippen LogP contribution in [0.25, 0.3) is 0 Å². The van der Waals surface area contributed by atoms with Crippen LogP contribution in [0.5, 0.6) is 0 Å². The van der Waals surface area contributed by atoms with E-state index in [0.717, 1.165) is 38.4 Å². The van der Waals surface area contributed by atoms with Crippen LogP contribution in [0.15, 0.2) is 0 Å². The Morgan fingerprint density at radius 3 is 2.47 bits per heavy atom. The number of rotatable bonds is 8. The highest BCUT2D eigenvalue weighted by atomic mass is 16.3. The van der Waals surface area contributed by atoms with Crippen molar-refractivity contribution in [1.82, 2.24) is 4.90 Å². The summed E-state index contributed by atoms with van der Waals surface area (Å²) in [5, 5.41) is 10.0. The lowest BCUT2D eigenvalue weighted by atomic mass is 9.95. The van der Waals surface area contributed by atoms with Gasteiger partial charge in [0.1, 0.15) is 0 Å². The van der Waals surface area contributed by atoms with Crippen LogP contribution < -0.4 is 5.73 Å². The molecule has 1 saturated carbocycles. The molecule has 0 aromatic heterocycles. The number of nitrogens with two attached hydrogens (primary N) is 1. The van der Waals surface area contributed by atoms with Gasteiger partial charge in [0.15, 0.2) is 0 Å². The van der Waals surface area contributed by atoms with Gasteiger partial charge in [-0.25, -0.2) is 0 Å². The van der Waals surface area contributed by atoms with Gasteiger partial charge in [0.05, 0.1) is 5.60 Å². The molecule has 3 N–H and O–H groups in total. The highest BCUT2D eigenvalue weighted by Gasteiger charge is 2.28. The summed E-state index contributed by atoms with van der Waals surface area (Å²) < 4.78 is 0. The smallest absolute Gasteiger partial charge is 0.0767 e. The van der Waals surface area contributed by atoms with E-state index in [9.17, 15) is 5.11 Å². The molecule has 0 aromatic carbocycles. The molecule has 0 heterocycles. The van der Waals surface area contributed by atoms with E-state index in [2.05, 4.69) is 11.8 Å². The topological polar surface area (TPSA) is 49.5 Å². The van der Waals surface area contributed by atoms with Crippen LogP contribution in [0, 0.1) is 0 Å². The minimum absolute atomic E-state index is 0.388. The Kier molecular flexibility index (Phi) is 5.03. The third kappa shape index (κ3) is 4.09. The van der Waals surface area contributed by atoms with Crippen molar-refractivity contribution in [3.8, 4) is 0 Å². The molecule has 1 unspecified atom stereocenters. The largest absolute Gasteiger partial charge is 0.389 e. The van der Waals surface area contributed by atoms with Gasteiger partial charge in [-0.15, -0.1) is 0 Å². The maximum atomic E-state index is 10.0. The van der Waals surface area contributed by atoms with Crippen molar-refractivity contribution in [2.45, 2.75) is 57.6 Å². The van der Waals surface area contributed by atoms with E-state index < -0.39 is 5.60 Å². The van der Waals surface area contributed by atoms with E-state index >= 15 is 0 Å². The van der Waals surface area contributed by atoms with Crippen LogP contribution in [-0.4, -0.2) is 41.3 Å². The fourth-order valence-corrected chi connectivity index (χ4v) is 2.07. The predicted molar refractivity (Wildman–Crippen MR) is 63.8 cm³/mol. The minimum atomic E-state index is -0.622. The lowest BCUT2D eigenvalue weighted by Gasteiger charge is -2.27. The molecule has 1 fully saturated rings. The monoisotopic (exact) mass is 214 g/mol. The number of nitrogens with zero attached hydrogens (tertiary/aromatic N) is 1. The lowest BCUT2D eigenvalue weighted by molar-refractivity contribution is 0.0315. The van der Waals surface area contributed by atoms with E-state index in [1.807, 2.05) is 6.92 Å². The van der Waals surface area contributed by atoms with Crippen LogP contribution in [0.4, 0.5) is 0 Å². The Hall–Kier alpha value is -0.120. The maximum Gasteiger partial charge on any atom is 0.0767 e. The molecule has 0 spiro atoms. The molecule has 0 radical (unpaired) electrons. The number of hydrogen-bond acceptors (Lipinski definition) is 3. The summed E-state index contributed by atoms with van der Waals surface area (Å²) in [5.74, 6) is 0. The minimum Gasteiger partial charge on any atom is -0.389 e. The highest BCUT2D eigenvalue weighted by molar-refractivity contribution is 4.85. The molecule has 1 aliphatic carbocycles. The zero-order valence-corrected chi connectivity index (χ0v) is 10.2. The Morgan fingerprint density at radius 2 is 2.07 bits per heavy atom. The third-order valence-electron chi connectivity index (χ3n) is 3.59. The molecule has 15 heavy (non-hydrogen) atoms. The first-order valence-corrected chi connectivity index (χ1v) is 6.31. The van der Waals surface area contributed by atoms with Crippen LogP contribution in [0.3, 0.4) is 0 Å². The number of aliphatic hydroxyl groups is 1. The van der Waals surface area contributed by atoms with Crippen LogP contribution >= 0.6 is 0 Å². The van der Waals surface area contributed by atoms with Gasteiger partial charge < -0.3 is 15.7 Å². The Balaban J connectivity index is 2.18. The molecule has 3 heteroatoms. The fourth-order valence-electron chi connectivity index (χ4n) is 2.07. The normalized spacial score (nSPS) is 20.6. The van der Waals surface area contributed by atoms with Crippen molar-refractivity contribution in [3.63, 3.8) is 0 Å². The highest BCUT2D eigenvalue weighted by Crippen LogP contribution is 2.27. The molecule has 90 valence electrons. The number of hydrogen-bond donors (Lipinski definition) is 2. The fraction of sp³-hybridized carbons (Fsp3) is 1.00. The molecule has 0 saturated heterocycles. The Bertz CT molecular complexity index is 176. The van der Waals surface area contributed by atoms with Crippen molar-refractivity contribution in [1.29, 1.82) is 0 Å². The van der Waals surface area contributed by atoms with Gasteiger partial charge in [-0.3, -0.25) is 0 Å². The van der Waals surface area contributed by atoms with Gasteiger partial charge in [0, 0.05) is 12.6 Å². The van der Waals surface area contributed by atoms with Crippen LogP contribution in [0.1, 0.15) is 46.0 Å². The summed E-state index contributed by atoms with van der Waals surface area (Å²) >= 11 is 0. The molecule has 0 aromatic rings. The second-order valence-electron chi connectivity index (χ2n) is 4.75. The Labute approximate surface area is 93.6 Å². The van der Waals surface area contributed by atoms with Crippen molar-refractivity contribution in [3.05, 3.63) is 0 Å². The standard InChI is InChI=1S/C12H26N2O/c1-3-12(15,10-13)8-5-9-14(4-2)11-6-7-11/h11,15H,3-10,13H2,1-2H3. The van der Waals surface area contributed by atoms with Crippen molar-refractivity contribution >= 4 is 0 Å². The first-order valence-electron chi connectivity index (χ1n) is 6.31. The van der Waals surface area contributed by atoms with Gasteiger partial charge in [-0.05, 0) is 45.2 Å². The predicted octanol–water partition coefficient (Wildman–Crippen LogP) is 1.35. The van der Waals surface area contributed by atoms with Gasteiger partial charge in [0.25, 0.3) is 0 Å². The Morgan fingerprint density at radius 1 is 1.40 bits per heavy atom.